The highest BCUT2D eigenvalue weighted by Gasteiger charge is 2.10. The summed E-state index contributed by atoms with van der Waals surface area (Å²) in [5, 5.41) is 3.79. The van der Waals surface area contributed by atoms with Crippen molar-refractivity contribution in [2.45, 2.75) is 12.1 Å². The maximum Gasteiger partial charge on any atom is 0.257 e. The van der Waals surface area contributed by atoms with E-state index in [1.54, 1.807) is 6.07 Å². The van der Waals surface area contributed by atoms with Gasteiger partial charge in [-0.25, -0.2) is 4.98 Å². The van der Waals surface area contributed by atoms with Gasteiger partial charge in [0.2, 0.25) is 5.91 Å². The van der Waals surface area contributed by atoms with Gasteiger partial charge in [0, 0.05) is 0 Å². The van der Waals surface area contributed by atoms with Gasteiger partial charge in [-0.2, -0.15) is 0 Å². The maximum atomic E-state index is 12.0. The molecule has 1 amide bonds. The number of carbonyl (C=O) groups excluding carboxylic acids is 1. The van der Waals surface area contributed by atoms with Gasteiger partial charge in [0.1, 0.15) is 5.52 Å². The normalized spacial score (nSPS) is 10.8. The zero-order chi connectivity index (χ0) is 15.5. The molecule has 1 aromatic heterocycles. The van der Waals surface area contributed by atoms with Crippen LogP contribution in [-0.2, 0) is 4.79 Å². The van der Waals surface area contributed by atoms with E-state index >= 15 is 0 Å². The first-order chi connectivity index (χ1) is 10.6. The summed E-state index contributed by atoms with van der Waals surface area (Å²) < 4.78 is 5.55. The van der Waals surface area contributed by atoms with Crippen LogP contribution in [0.1, 0.15) is 5.56 Å². The lowest BCUT2D eigenvalue weighted by molar-refractivity contribution is -0.113. The average molecular weight is 333 g/mol. The van der Waals surface area contributed by atoms with Gasteiger partial charge in [-0.15, -0.1) is 0 Å². The molecule has 2 aromatic carbocycles. The molecule has 0 aliphatic heterocycles. The number of carbonyl (C=O) groups is 1. The van der Waals surface area contributed by atoms with E-state index in [2.05, 4.69) is 10.3 Å². The second-order valence-electron chi connectivity index (χ2n) is 4.77. The number of aryl methyl sites for hydroxylation is 1. The van der Waals surface area contributed by atoms with E-state index < -0.39 is 0 Å². The smallest absolute Gasteiger partial charge is 0.257 e. The van der Waals surface area contributed by atoms with Crippen LogP contribution < -0.4 is 5.32 Å². The van der Waals surface area contributed by atoms with Crippen LogP contribution in [0.25, 0.3) is 11.1 Å². The first-order valence-electron chi connectivity index (χ1n) is 6.66. The number of benzene rings is 2. The number of nitrogens with zero attached hydrogens (tertiary/aromatic N) is 1. The van der Waals surface area contributed by atoms with Crippen molar-refractivity contribution in [3.8, 4) is 0 Å². The number of nitrogens with one attached hydrogen (secondary N) is 1. The highest BCUT2D eigenvalue weighted by Crippen LogP contribution is 2.25. The number of hydrogen-bond donors (Lipinski definition) is 1. The minimum atomic E-state index is -0.155. The minimum absolute atomic E-state index is 0.155. The molecule has 4 nitrogen and oxygen atoms in total. The van der Waals surface area contributed by atoms with E-state index in [0.29, 0.717) is 21.5 Å². The molecule has 0 unspecified atom stereocenters. The molecule has 6 heteroatoms. The number of anilines is 1. The molecule has 0 saturated carbocycles. The molecular weight excluding hydrogens is 320 g/mol. The quantitative estimate of drug-likeness (QED) is 0.714. The van der Waals surface area contributed by atoms with Crippen molar-refractivity contribution >= 4 is 46.1 Å². The molecule has 0 aliphatic carbocycles. The summed E-state index contributed by atoms with van der Waals surface area (Å²) in [5.41, 5.74) is 3.15. The largest absolute Gasteiger partial charge is 0.431 e. The number of thioether (sulfide) groups is 1. The molecule has 0 atom stereocenters. The third kappa shape index (κ3) is 3.43. The summed E-state index contributed by atoms with van der Waals surface area (Å²) in [6, 6.07) is 13.0. The van der Waals surface area contributed by atoms with Crippen molar-refractivity contribution in [2.75, 3.05) is 11.1 Å². The van der Waals surface area contributed by atoms with E-state index in [9.17, 15) is 4.79 Å². The molecule has 0 saturated heterocycles. The second kappa shape index (κ2) is 6.42. The van der Waals surface area contributed by atoms with E-state index in [4.69, 9.17) is 16.0 Å². The summed E-state index contributed by atoms with van der Waals surface area (Å²) in [5.74, 6) is 0.0508. The van der Waals surface area contributed by atoms with Crippen molar-refractivity contribution in [3.05, 3.63) is 53.1 Å². The van der Waals surface area contributed by atoms with Crippen molar-refractivity contribution in [2.24, 2.45) is 0 Å². The molecule has 3 rings (SSSR count). The Bertz CT molecular complexity index is 799. The zero-order valence-electron chi connectivity index (χ0n) is 11.8. The van der Waals surface area contributed by atoms with Crippen molar-refractivity contribution < 1.29 is 9.21 Å². The first kappa shape index (κ1) is 14.9. The van der Waals surface area contributed by atoms with E-state index in [0.717, 1.165) is 11.1 Å². The summed E-state index contributed by atoms with van der Waals surface area (Å²) in [7, 11) is 0. The van der Waals surface area contributed by atoms with Crippen molar-refractivity contribution in [1.29, 1.82) is 0 Å². The number of oxazole rings is 1. The van der Waals surface area contributed by atoms with Gasteiger partial charge in [-0.3, -0.25) is 4.79 Å². The Labute approximate surface area is 136 Å². The summed E-state index contributed by atoms with van der Waals surface area (Å²) >= 11 is 7.34. The fraction of sp³-hybridized carbons (Fsp3) is 0.125. The predicted octanol–water partition coefficient (Wildman–Crippen LogP) is 4.52. The van der Waals surface area contributed by atoms with Gasteiger partial charge in [-0.1, -0.05) is 41.6 Å². The molecular formula is C16H13ClN2O2S. The summed E-state index contributed by atoms with van der Waals surface area (Å²) in [4.78, 5) is 16.3. The molecule has 0 aliphatic rings. The van der Waals surface area contributed by atoms with Crippen LogP contribution in [0, 0.1) is 6.92 Å². The Kier molecular flexibility index (Phi) is 4.36. The van der Waals surface area contributed by atoms with Crippen molar-refractivity contribution in [1.82, 2.24) is 4.98 Å². The Morgan fingerprint density at radius 2 is 2.14 bits per heavy atom. The molecule has 0 radical (unpaired) electrons. The van der Waals surface area contributed by atoms with E-state index in [1.807, 2.05) is 43.3 Å². The third-order valence-electron chi connectivity index (χ3n) is 3.00. The molecule has 1 heterocycles. The first-order valence-corrected chi connectivity index (χ1v) is 8.02. The van der Waals surface area contributed by atoms with Gasteiger partial charge >= 0.3 is 0 Å². The number of amides is 1. The van der Waals surface area contributed by atoms with Gasteiger partial charge in [-0.05, 0) is 36.8 Å². The van der Waals surface area contributed by atoms with Crippen LogP contribution in [0.3, 0.4) is 0 Å². The lowest BCUT2D eigenvalue weighted by atomic mass is 10.2. The number of hydrogen-bond acceptors (Lipinski definition) is 4. The predicted molar refractivity (Wildman–Crippen MR) is 89.6 cm³/mol. The topological polar surface area (TPSA) is 55.1 Å². The van der Waals surface area contributed by atoms with Gasteiger partial charge in [0.15, 0.2) is 5.58 Å². The number of rotatable bonds is 4. The van der Waals surface area contributed by atoms with Gasteiger partial charge in [0.05, 0.1) is 16.5 Å². The monoisotopic (exact) mass is 332 g/mol. The van der Waals surface area contributed by atoms with Crippen LogP contribution in [0.15, 0.2) is 52.1 Å². The van der Waals surface area contributed by atoms with E-state index in [1.165, 1.54) is 11.8 Å². The zero-order valence-corrected chi connectivity index (χ0v) is 13.4. The molecule has 3 aromatic rings. The average Bonchev–Trinajstić information content (AvgIpc) is 2.91. The molecule has 0 spiro atoms. The van der Waals surface area contributed by atoms with Crippen molar-refractivity contribution in [3.63, 3.8) is 0 Å². The van der Waals surface area contributed by atoms with Crippen LogP contribution >= 0.6 is 23.4 Å². The molecule has 0 fully saturated rings. The minimum Gasteiger partial charge on any atom is -0.431 e. The number of fused-ring (bicyclic) bond motifs is 1. The fourth-order valence-corrected chi connectivity index (χ4v) is 2.87. The Morgan fingerprint density at radius 1 is 1.32 bits per heavy atom. The SMILES string of the molecule is Cc1ccc(NC(=O)CSc2nc3ccccc3o2)c(Cl)c1. The Balaban J connectivity index is 1.62. The van der Waals surface area contributed by atoms with Crippen LogP contribution in [0.5, 0.6) is 0 Å². The number of aromatic nitrogens is 1. The van der Waals surface area contributed by atoms with Crippen LogP contribution in [-0.4, -0.2) is 16.6 Å². The third-order valence-corrected chi connectivity index (χ3v) is 4.14. The highest BCUT2D eigenvalue weighted by atomic mass is 35.5. The van der Waals surface area contributed by atoms with Gasteiger partial charge in [0.25, 0.3) is 5.22 Å². The fourth-order valence-electron chi connectivity index (χ4n) is 1.95. The molecule has 22 heavy (non-hydrogen) atoms. The molecule has 0 bridgehead atoms. The Hall–Kier alpha value is -1.98. The second-order valence-corrected chi connectivity index (χ2v) is 6.10. The lowest BCUT2D eigenvalue weighted by Crippen LogP contribution is -2.14. The number of para-hydroxylation sites is 2. The maximum absolute atomic E-state index is 12.0. The number of halogens is 1. The lowest BCUT2D eigenvalue weighted by Gasteiger charge is -2.06. The van der Waals surface area contributed by atoms with Crippen LogP contribution in [0.2, 0.25) is 5.02 Å². The van der Waals surface area contributed by atoms with E-state index in [-0.39, 0.29) is 11.7 Å². The molecule has 112 valence electrons. The van der Waals surface area contributed by atoms with Gasteiger partial charge < -0.3 is 9.73 Å². The summed E-state index contributed by atoms with van der Waals surface area (Å²) in [6.45, 7) is 1.95. The summed E-state index contributed by atoms with van der Waals surface area (Å²) in [6.07, 6.45) is 0. The van der Waals surface area contributed by atoms with Crippen LogP contribution in [0.4, 0.5) is 5.69 Å². The standard InChI is InChI=1S/C16H13ClN2O2S/c1-10-6-7-12(11(17)8-10)18-15(20)9-22-16-19-13-4-2-3-5-14(13)21-16/h2-8H,9H2,1H3,(H,18,20). The Morgan fingerprint density at radius 3 is 2.91 bits per heavy atom. The highest BCUT2D eigenvalue weighted by molar-refractivity contribution is 7.99. The molecule has 1 N–H and O–H groups in total.